The number of benzene rings is 1. The first kappa shape index (κ1) is 28.1. The smallest absolute Gasteiger partial charge is 0.0916 e. The molecule has 1 aromatic carbocycles. The molecule has 0 amide bonds. The van der Waals surface area contributed by atoms with Gasteiger partial charge in [-0.1, -0.05) is 63.9 Å². The quantitative estimate of drug-likeness (QED) is 0.203. The average molecular weight is 428 g/mol. The lowest BCUT2D eigenvalue weighted by Gasteiger charge is -2.39. The van der Waals surface area contributed by atoms with Gasteiger partial charge in [-0.15, -0.1) is 0 Å². The van der Waals surface area contributed by atoms with Gasteiger partial charge in [-0.25, -0.2) is 8.42 Å². The Morgan fingerprint density at radius 2 is 1.17 bits per heavy atom. The predicted molar refractivity (Wildman–Crippen MR) is 124 cm³/mol. The lowest BCUT2D eigenvalue weighted by atomic mass is 10.1. The molecule has 0 aromatic heterocycles. The summed E-state index contributed by atoms with van der Waals surface area (Å²) in [5.41, 5.74) is 1.50. The van der Waals surface area contributed by atoms with E-state index in [9.17, 15) is 0 Å². The van der Waals surface area contributed by atoms with Crippen molar-refractivity contribution in [2.45, 2.75) is 85.0 Å². The minimum Gasteiger partial charge on any atom is -0.748 e. The molecule has 0 unspecified atom stereocenters. The number of hydrogen-bond acceptors (Lipinski definition) is 3. The molecule has 0 heterocycles. The Kier molecular flexibility index (Phi) is 16.3. The van der Waals surface area contributed by atoms with Gasteiger partial charge < -0.3 is 9.04 Å². The summed E-state index contributed by atoms with van der Waals surface area (Å²) in [5.74, 6) is 0. The van der Waals surface area contributed by atoms with E-state index >= 15 is 0 Å². The number of nitrogens with zero attached hydrogens (tertiary/aromatic N) is 1. The SMILES string of the molecule is CCCCC[N+](CCC)(CCCCC)CCCCc1ccccc1.CS(=O)(=O)[O-]. The molecule has 170 valence electrons. The van der Waals surface area contributed by atoms with Crippen LogP contribution in [0.15, 0.2) is 30.3 Å². The second-order valence-electron chi connectivity index (χ2n) is 8.30. The van der Waals surface area contributed by atoms with Crippen LogP contribution in [0.1, 0.15) is 84.1 Å². The van der Waals surface area contributed by atoms with Crippen LogP contribution < -0.4 is 0 Å². The molecule has 0 bridgehead atoms. The van der Waals surface area contributed by atoms with Gasteiger partial charge in [-0.05, 0) is 56.9 Å². The molecule has 0 aliphatic heterocycles. The van der Waals surface area contributed by atoms with Gasteiger partial charge >= 0.3 is 0 Å². The molecule has 0 atom stereocenters. The maximum atomic E-state index is 9.08. The fraction of sp³-hybridized carbons (Fsp3) is 0.750. The summed E-state index contributed by atoms with van der Waals surface area (Å²) in [7, 11) is -3.92. The van der Waals surface area contributed by atoms with E-state index in [1.165, 1.54) is 100 Å². The highest BCUT2D eigenvalue weighted by molar-refractivity contribution is 7.84. The summed E-state index contributed by atoms with van der Waals surface area (Å²) in [4.78, 5) is 0. The fourth-order valence-corrected chi connectivity index (χ4v) is 3.96. The van der Waals surface area contributed by atoms with Crippen molar-refractivity contribution in [3.05, 3.63) is 35.9 Å². The molecule has 1 rings (SSSR count). The Labute approximate surface area is 181 Å². The van der Waals surface area contributed by atoms with Gasteiger partial charge in [0.1, 0.15) is 0 Å². The minimum absolute atomic E-state index is 0.604. The second-order valence-corrected chi connectivity index (χ2v) is 9.71. The highest BCUT2D eigenvalue weighted by Crippen LogP contribution is 2.17. The van der Waals surface area contributed by atoms with Gasteiger partial charge in [0.2, 0.25) is 0 Å². The average Bonchev–Trinajstić information content (AvgIpc) is 2.65. The van der Waals surface area contributed by atoms with Crippen molar-refractivity contribution in [1.29, 1.82) is 0 Å². The molecule has 0 saturated carbocycles. The highest BCUT2D eigenvalue weighted by atomic mass is 32.2. The molecule has 0 saturated heterocycles. The van der Waals surface area contributed by atoms with Gasteiger partial charge in [0.25, 0.3) is 0 Å². The number of rotatable bonds is 15. The van der Waals surface area contributed by atoms with Crippen molar-refractivity contribution in [3.8, 4) is 0 Å². The fourth-order valence-electron chi connectivity index (χ4n) is 3.96. The third kappa shape index (κ3) is 17.6. The molecule has 5 heteroatoms. The molecule has 0 N–H and O–H groups in total. The van der Waals surface area contributed by atoms with Crippen LogP contribution in [0, 0.1) is 0 Å². The van der Waals surface area contributed by atoms with E-state index < -0.39 is 10.1 Å². The van der Waals surface area contributed by atoms with Crippen LogP contribution >= 0.6 is 0 Å². The molecule has 4 nitrogen and oxygen atoms in total. The van der Waals surface area contributed by atoms with Crippen LogP contribution in [0.3, 0.4) is 0 Å². The lowest BCUT2D eigenvalue weighted by Crippen LogP contribution is -2.50. The molecule has 0 spiro atoms. The Morgan fingerprint density at radius 3 is 1.59 bits per heavy atom. The molecule has 0 fully saturated rings. The normalized spacial score (nSPS) is 11.8. The van der Waals surface area contributed by atoms with Crippen molar-refractivity contribution in [1.82, 2.24) is 0 Å². The van der Waals surface area contributed by atoms with Crippen LogP contribution in [-0.4, -0.2) is 49.9 Å². The van der Waals surface area contributed by atoms with Gasteiger partial charge in [0.05, 0.1) is 36.3 Å². The van der Waals surface area contributed by atoms with Crippen LogP contribution in [0.4, 0.5) is 0 Å². The van der Waals surface area contributed by atoms with Gasteiger partial charge in [0.15, 0.2) is 0 Å². The summed E-state index contributed by atoms with van der Waals surface area (Å²) in [6.45, 7) is 12.6. The van der Waals surface area contributed by atoms with Crippen LogP contribution in [0.2, 0.25) is 0 Å². The molecule has 1 aromatic rings. The first-order chi connectivity index (χ1) is 13.8. The summed E-state index contributed by atoms with van der Waals surface area (Å²) < 4.78 is 28.6. The van der Waals surface area contributed by atoms with Crippen LogP contribution in [-0.2, 0) is 16.5 Å². The largest absolute Gasteiger partial charge is 0.748 e. The van der Waals surface area contributed by atoms with E-state index in [1.807, 2.05) is 0 Å². The van der Waals surface area contributed by atoms with Crippen molar-refractivity contribution in [2.75, 3.05) is 32.4 Å². The summed E-state index contributed by atoms with van der Waals surface area (Å²) >= 11 is 0. The monoisotopic (exact) mass is 427 g/mol. The Bertz CT molecular complexity index is 569. The van der Waals surface area contributed by atoms with E-state index in [1.54, 1.807) is 0 Å². The summed E-state index contributed by atoms with van der Waals surface area (Å²) in [6.07, 6.45) is 14.2. The Hall–Kier alpha value is -0.910. The number of quaternary nitrogens is 1. The standard InChI is InChI=1S/C23H42N.CH4O3S/c1-4-7-13-20-24(19-6-3,21-14-8-5-2)22-15-12-18-23-16-10-9-11-17-23;1-5(2,3)4/h9-11,16-17H,4-8,12-15,18-22H2,1-3H3;1H3,(H,2,3,4)/q+1;/p-1. The first-order valence-electron chi connectivity index (χ1n) is 11.6. The third-order valence-electron chi connectivity index (χ3n) is 5.36. The zero-order chi connectivity index (χ0) is 22.0. The second kappa shape index (κ2) is 16.8. The zero-order valence-electron chi connectivity index (χ0n) is 19.4. The van der Waals surface area contributed by atoms with E-state index in [2.05, 4.69) is 51.1 Å². The number of aryl methyl sites for hydroxylation is 1. The summed E-state index contributed by atoms with van der Waals surface area (Å²) in [6, 6.07) is 11.0. The lowest BCUT2D eigenvalue weighted by molar-refractivity contribution is -0.929. The molecular weight excluding hydrogens is 382 g/mol. The number of unbranched alkanes of at least 4 members (excludes halogenated alkanes) is 5. The Morgan fingerprint density at radius 1 is 0.724 bits per heavy atom. The Balaban J connectivity index is 0.00000139. The third-order valence-corrected chi connectivity index (χ3v) is 5.36. The van der Waals surface area contributed by atoms with Crippen LogP contribution in [0.5, 0.6) is 0 Å². The highest BCUT2D eigenvalue weighted by Gasteiger charge is 2.24. The molecule has 0 radical (unpaired) electrons. The maximum Gasteiger partial charge on any atom is 0.0916 e. The van der Waals surface area contributed by atoms with Crippen LogP contribution in [0.25, 0.3) is 0 Å². The number of hydrogen-bond donors (Lipinski definition) is 0. The zero-order valence-corrected chi connectivity index (χ0v) is 20.2. The molecular formula is C24H45NO3S. The predicted octanol–water partition coefficient (Wildman–Crippen LogP) is 5.78. The molecule has 0 aliphatic carbocycles. The summed E-state index contributed by atoms with van der Waals surface area (Å²) in [5, 5.41) is 0. The molecule has 0 aliphatic rings. The van der Waals surface area contributed by atoms with Crippen molar-refractivity contribution in [2.24, 2.45) is 0 Å². The van der Waals surface area contributed by atoms with Gasteiger partial charge in [-0.2, -0.15) is 0 Å². The van der Waals surface area contributed by atoms with Crippen molar-refractivity contribution >= 4 is 10.1 Å². The van der Waals surface area contributed by atoms with E-state index in [0.29, 0.717) is 6.26 Å². The van der Waals surface area contributed by atoms with E-state index in [4.69, 9.17) is 13.0 Å². The topological polar surface area (TPSA) is 57.2 Å². The minimum atomic E-state index is -3.92. The first-order valence-corrected chi connectivity index (χ1v) is 13.4. The van der Waals surface area contributed by atoms with E-state index in [-0.39, 0.29) is 0 Å². The molecule has 29 heavy (non-hydrogen) atoms. The van der Waals surface area contributed by atoms with Crippen molar-refractivity contribution in [3.63, 3.8) is 0 Å². The van der Waals surface area contributed by atoms with Gasteiger partial charge in [0, 0.05) is 6.26 Å². The van der Waals surface area contributed by atoms with Gasteiger partial charge in [-0.3, -0.25) is 0 Å². The van der Waals surface area contributed by atoms with E-state index in [0.717, 1.165) is 0 Å². The van der Waals surface area contributed by atoms with Crippen molar-refractivity contribution < 1.29 is 17.5 Å². The maximum absolute atomic E-state index is 9.08.